The van der Waals surface area contributed by atoms with Crippen LogP contribution < -0.4 is 10.5 Å². The summed E-state index contributed by atoms with van der Waals surface area (Å²) in [7, 11) is 0. The van der Waals surface area contributed by atoms with E-state index in [0.717, 1.165) is 27.0 Å². The lowest BCUT2D eigenvalue weighted by atomic mass is 10.2. The average molecular weight is 308 g/mol. The van der Waals surface area contributed by atoms with Gasteiger partial charge in [-0.3, -0.25) is 0 Å². The van der Waals surface area contributed by atoms with E-state index in [-0.39, 0.29) is 6.10 Å². The Morgan fingerprint density at radius 2 is 1.95 bits per heavy atom. The Labute approximate surface area is 129 Å². The van der Waals surface area contributed by atoms with Crippen LogP contribution in [0.3, 0.4) is 0 Å². The molecule has 0 aromatic heterocycles. The second-order valence-electron chi connectivity index (χ2n) is 4.75. The quantitative estimate of drug-likeness (QED) is 0.623. The van der Waals surface area contributed by atoms with Crippen LogP contribution in [-0.4, -0.2) is 6.10 Å². The third kappa shape index (κ3) is 4.09. The molecule has 0 radical (unpaired) electrons. The zero-order valence-electron chi connectivity index (χ0n) is 11.6. The third-order valence-electron chi connectivity index (χ3n) is 2.70. The van der Waals surface area contributed by atoms with Gasteiger partial charge in [0.1, 0.15) is 5.75 Å². The Balaban J connectivity index is 2.08. The van der Waals surface area contributed by atoms with Crippen LogP contribution in [0.25, 0.3) is 0 Å². The van der Waals surface area contributed by atoms with Crippen molar-refractivity contribution in [3.8, 4) is 5.75 Å². The predicted octanol–water partition coefficient (Wildman–Crippen LogP) is 5.00. The Kier molecular flexibility index (Phi) is 5.21. The van der Waals surface area contributed by atoms with Gasteiger partial charge in [-0.25, -0.2) is 0 Å². The maximum atomic E-state index is 6.16. The number of halogens is 1. The maximum absolute atomic E-state index is 6.16. The first-order valence-corrected chi connectivity index (χ1v) is 7.85. The number of hydrogen-bond acceptors (Lipinski definition) is 3. The van der Waals surface area contributed by atoms with Gasteiger partial charge in [0.25, 0.3) is 0 Å². The molecule has 2 nitrogen and oxygen atoms in total. The summed E-state index contributed by atoms with van der Waals surface area (Å²) in [4.78, 5) is 1.12. The number of nitrogens with two attached hydrogens (primary N) is 1. The van der Waals surface area contributed by atoms with Crippen molar-refractivity contribution in [3.05, 3.63) is 53.1 Å². The highest BCUT2D eigenvalue weighted by Crippen LogP contribution is 2.32. The van der Waals surface area contributed by atoms with Crippen molar-refractivity contribution < 1.29 is 4.74 Å². The number of ether oxygens (including phenoxy) is 1. The molecule has 0 aliphatic carbocycles. The summed E-state index contributed by atoms with van der Waals surface area (Å²) >= 11 is 7.88. The molecule has 0 amide bonds. The second kappa shape index (κ2) is 6.91. The fourth-order valence-electron chi connectivity index (χ4n) is 1.74. The second-order valence-corrected chi connectivity index (χ2v) is 6.20. The summed E-state index contributed by atoms with van der Waals surface area (Å²) in [6.45, 7) is 3.98. The minimum atomic E-state index is 0.112. The molecule has 2 rings (SSSR count). The Hall–Kier alpha value is -1.32. The number of anilines is 1. The van der Waals surface area contributed by atoms with Gasteiger partial charge in [-0.1, -0.05) is 29.8 Å². The minimum absolute atomic E-state index is 0.112. The molecule has 20 heavy (non-hydrogen) atoms. The Bertz CT molecular complexity index is 586. The molecular weight excluding hydrogens is 290 g/mol. The largest absolute Gasteiger partial charge is 0.489 e. The van der Waals surface area contributed by atoms with E-state index >= 15 is 0 Å². The molecule has 2 N–H and O–H groups in total. The molecule has 0 heterocycles. The van der Waals surface area contributed by atoms with Gasteiger partial charge in [-0.05, 0) is 43.7 Å². The molecule has 0 fully saturated rings. The van der Waals surface area contributed by atoms with Crippen molar-refractivity contribution >= 4 is 29.1 Å². The van der Waals surface area contributed by atoms with E-state index in [1.807, 2.05) is 56.3 Å². The van der Waals surface area contributed by atoms with Crippen LogP contribution in [0.4, 0.5) is 5.69 Å². The van der Waals surface area contributed by atoms with E-state index in [1.54, 1.807) is 11.8 Å². The Morgan fingerprint density at radius 3 is 2.65 bits per heavy atom. The van der Waals surface area contributed by atoms with E-state index < -0.39 is 0 Å². The zero-order valence-corrected chi connectivity index (χ0v) is 13.2. The summed E-state index contributed by atoms with van der Waals surface area (Å²) in [6, 6.07) is 13.8. The summed E-state index contributed by atoms with van der Waals surface area (Å²) in [5.41, 5.74) is 7.71. The molecule has 2 aromatic rings. The highest BCUT2D eigenvalue weighted by atomic mass is 35.5. The number of hydrogen-bond donors (Lipinski definition) is 1. The van der Waals surface area contributed by atoms with E-state index in [2.05, 4.69) is 0 Å². The first-order valence-electron chi connectivity index (χ1n) is 6.48. The van der Waals surface area contributed by atoms with Gasteiger partial charge < -0.3 is 10.5 Å². The fraction of sp³-hybridized carbons (Fsp3) is 0.250. The SMILES string of the molecule is CC(C)Oc1cc(SCc2ccccc2Cl)ccc1N. The monoisotopic (exact) mass is 307 g/mol. The van der Waals surface area contributed by atoms with Gasteiger partial charge in [-0.15, -0.1) is 11.8 Å². The third-order valence-corrected chi connectivity index (χ3v) is 4.11. The van der Waals surface area contributed by atoms with E-state index in [1.165, 1.54) is 0 Å². The summed E-state index contributed by atoms with van der Waals surface area (Å²) in [5.74, 6) is 1.56. The van der Waals surface area contributed by atoms with Crippen molar-refractivity contribution in [2.75, 3.05) is 5.73 Å². The van der Waals surface area contributed by atoms with Crippen LogP contribution in [0.5, 0.6) is 5.75 Å². The molecule has 0 aliphatic heterocycles. The molecule has 106 valence electrons. The lowest BCUT2D eigenvalue weighted by Gasteiger charge is -2.13. The lowest BCUT2D eigenvalue weighted by molar-refractivity contribution is 0.243. The lowest BCUT2D eigenvalue weighted by Crippen LogP contribution is -2.07. The highest BCUT2D eigenvalue weighted by molar-refractivity contribution is 7.98. The van der Waals surface area contributed by atoms with Crippen molar-refractivity contribution in [2.24, 2.45) is 0 Å². The van der Waals surface area contributed by atoms with E-state index in [9.17, 15) is 0 Å². The summed E-state index contributed by atoms with van der Waals surface area (Å²) in [6.07, 6.45) is 0.112. The van der Waals surface area contributed by atoms with Crippen molar-refractivity contribution in [3.63, 3.8) is 0 Å². The van der Waals surface area contributed by atoms with Crippen molar-refractivity contribution in [1.82, 2.24) is 0 Å². The molecule has 0 saturated carbocycles. The van der Waals surface area contributed by atoms with Crippen LogP contribution in [0.2, 0.25) is 5.02 Å². The van der Waals surface area contributed by atoms with E-state index in [0.29, 0.717) is 5.69 Å². The average Bonchev–Trinajstić information content (AvgIpc) is 2.40. The normalized spacial score (nSPS) is 10.8. The maximum Gasteiger partial charge on any atom is 0.143 e. The topological polar surface area (TPSA) is 35.2 Å². The Morgan fingerprint density at radius 1 is 1.20 bits per heavy atom. The molecule has 0 unspecified atom stereocenters. The fourth-order valence-corrected chi connectivity index (χ4v) is 2.95. The van der Waals surface area contributed by atoms with Crippen LogP contribution in [-0.2, 0) is 5.75 Å². The van der Waals surface area contributed by atoms with Gasteiger partial charge in [0.2, 0.25) is 0 Å². The first kappa shape index (κ1) is 15.1. The summed E-state index contributed by atoms with van der Waals surface area (Å²) < 4.78 is 5.70. The number of thioether (sulfide) groups is 1. The molecule has 0 aliphatic rings. The van der Waals surface area contributed by atoms with Gasteiger partial charge >= 0.3 is 0 Å². The molecule has 0 saturated heterocycles. The first-order chi connectivity index (χ1) is 9.56. The van der Waals surface area contributed by atoms with E-state index in [4.69, 9.17) is 22.1 Å². The van der Waals surface area contributed by atoms with Crippen LogP contribution in [0, 0.1) is 0 Å². The van der Waals surface area contributed by atoms with Gasteiger partial charge in [0.05, 0.1) is 11.8 Å². The van der Waals surface area contributed by atoms with Crippen molar-refractivity contribution in [2.45, 2.75) is 30.6 Å². The molecule has 0 atom stereocenters. The molecule has 4 heteroatoms. The smallest absolute Gasteiger partial charge is 0.143 e. The predicted molar refractivity (Wildman–Crippen MR) is 87.6 cm³/mol. The molecule has 2 aromatic carbocycles. The summed E-state index contributed by atoms with van der Waals surface area (Å²) in [5, 5.41) is 0.800. The molecular formula is C16H18ClNOS. The number of nitrogen functional groups attached to an aromatic ring is 1. The van der Waals surface area contributed by atoms with Crippen molar-refractivity contribution in [1.29, 1.82) is 0 Å². The van der Waals surface area contributed by atoms with Gasteiger partial charge in [0.15, 0.2) is 0 Å². The van der Waals surface area contributed by atoms with Gasteiger partial charge in [-0.2, -0.15) is 0 Å². The van der Waals surface area contributed by atoms with Crippen LogP contribution in [0.15, 0.2) is 47.4 Å². The molecule has 0 bridgehead atoms. The standard InChI is InChI=1S/C16H18ClNOS/c1-11(2)19-16-9-13(7-8-15(16)18)20-10-12-5-3-4-6-14(12)17/h3-9,11H,10,18H2,1-2H3. The minimum Gasteiger partial charge on any atom is -0.489 e. The van der Waals surface area contributed by atoms with Gasteiger partial charge in [0, 0.05) is 15.7 Å². The zero-order chi connectivity index (χ0) is 14.5. The molecule has 0 spiro atoms. The van der Waals surface area contributed by atoms with Crippen LogP contribution >= 0.6 is 23.4 Å². The number of benzene rings is 2. The number of rotatable bonds is 5. The highest BCUT2D eigenvalue weighted by Gasteiger charge is 2.06. The van der Waals surface area contributed by atoms with Crippen LogP contribution in [0.1, 0.15) is 19.4 Å².